The summed E-state index contributed by atoms with van der Waals surface area (Å²) in [4.78, 5) is 27.7. The standard InChI is InChI=1S/C17H19F4N3O2.ClH/c18-14-4-3-11(17(19,20)21)8-13(14)16(26)23-6-1-2-12(10-23)24-7-5-22-9-15(24)25;/h3-4,8,12,22H,1-2,5-7,9-10H2;1H. The maximum Gasteiger partial charge on any atom is 0.416 e. The number of carbonyl (C=O) groups is 2. The van der Waals surface area contributed by atoms with Crippen LogP contribution in [-0.2, 0) is 11.0 Å². The number of rotatable bonds is 2. The Kier molecular flexibility index (Phi) is 6.69. The van der Waals surface area contributed by atoms with Gasteiger partial charge >= 0.3 is 6.18 Å². The van der Waals surface area contributed by atoms with Crippen molar-refractivity contribution in [1.82, 2.24) is 15.1 Å². The van der Waals surface area contributed by atoms with E-state index >= 15 is 0 Å². The van der Waals surface area contributed by atoms with Crippen molar-refractivity contribution in [2.45, 2.75) is 25.1 Å². The van der Waals surface area contributed by atoms with Crippen molar-refractivity contribution in [2.75, 3.05) is 32.7 Å². The minimum absolute atomic E-state index is 0. The number of nitrogens with one attached hydrogen (secondary N) is 1. The van der Waals surface area contributed by atoms with E-state index in [0.29, 0.717) is 50.7 Å². The topological polar surface area (TPSA) is 52.7 Å². The van der Waals surface area contributed by atoms with Gasteiger partial charge in [-0.15, -0.1) is 12.4 Å². The van der Waals surface area contributed by atoms with Crippen molar-refractivity contribution in [2.24, 2.45) is 0 Å². The molecule has 1 N–H and O–H groups in total. The van der Waals surface area contributed by atoms with E-state index in [1.165, 1.54) is 4.90 Å². The molecule has 27 heavy (non-hydrogen) atoms. The quantitative estimate of drug-likeness (QED) is 0.763. The zero-order valence-electron chi connectivity index (χ0n) is 14.4. The van der Waals surface area contributed by atoms with Crippen LogP contribution < -0.4 is 5.32 Å². The lowest BCUT2D eigenvalue weighted by atomic mass is 10.0. The highest BCUT2D eigenvalue weighted by Gasteiger charge is 2.35. The number of nitrogens with zero attached hydrogens (tertiary/aromatic N) is 2. The minimum Gasteiger partial charge on any atom is -0.336 e. The summed E-state index contributed by atoms with van der Waals surface area (Å²) >= 11 is 0. The number of hydrogen-bond acceptors (Lipinski definition) is 3. The molecule has 0 bridgehead atoms. The molecule has 150 valence electrons. The normalized spacial score (nSPS) is 21.0. The summed E-state index contributed by atoms with van der Waals surface area (Å²) in [6.07, 6.45) is -3.34. The van der Waals surface area contributed by atoms with Crippen LogP contribution >= 0.6 is 12.4 Å². The summed E-state index contributed by atoms with van der Waals surface area (Å²) in [7, 11) is 0. The first kappa shape index (κ1) is 21.4. The van der Waals surface area contributed by atoms with E-state index in [1.54, 1.807) is 4.90 Å². The van der Waals surface area contributed by atoms with Gasteiger partial charge in [0.2, 0.25) is 5.91 Å². The molecule has 3 rings (SSSR count). The van der Waals surface area contributed by atoms with Gasteiger partial charge in [0.05, 0.1) is 17.7 Å². The Hall–Kier alpha value is -1.87. The largest absolute Gasteiger partial charge is 0.416 e. The van der Waals surface area contributed by atoms with Gasteiger partial charge in [-0.2, -0.15) is 13.2 Å². The number of piperazine rings is 1. The van der Waals surface area contributed by atoms with Crippen LogP contribution in [-0.4, -0.2) is 60.4 Å². The second-order valence-corrected chi connectivity index (χ2v) is 6.50. The van der Waals surface area contributed by atoms with Crippen molar-refractivity contribution >= 4 is 24.2 Å². The van der Waals surface area contributed by atoms with Gasteiger partial charge in [0, 0.05) is 32.2 Å². The van der Waals surface area contributed by atoms with Crippen LogP contribution in [0.5, 0.6) is 0 Å². The zero-order valence-corrected chi connectivity index (χ0v) is 15.2. The third-order valence-corrected chi connectivity index (χ3v) is 4.77. The predicted octanol–water partition coefficient (Wildman–Crippen LogP) is 2.30. The molecule has 1 aromatic carbocycles. The van der Waals surface area contributed by atoms with E-state index in [0.717, 1.165) is 0 Å². The molecule has 2 saturated heterocycles. The fraction of sp³-hybridized carbons (Fsp3) is 0.529. The second-order valence-electron chi connectivity index (χ2n) is 6.50. The van der Waals surface area contributed by atoms with Crippen molar-refractivity contribution in [3.05, 3.63) is 35.1 Å². The third kappa shape index (κ3) is 4.70. The number of hydrogen-bond donors (Lipinski definition) is 1. The molecule has 1 atom stereocenters. The van der Waals surface area contributed by atoms with E-state index in [9.17, 15) is 27.2 Å². The molecule has 2 amide bonds. The van der Waals surface area contributed by atoms with E-state index < -0.39 is 29.0 Å². The van der Waals surface area contributed by atoms with Gasteiger partial charge in [0.15, 0.2) is 0 Å². The Morgan fingerprint density at radius 2 is 1.96 bits per heavy atom. The van der Waals surface area contributed by atoms with E-state index in [-0.39, 0.29) is 37.4 Å². The van der Waals surface area contributed by atoms with E-state index in [1.807, 2.05) is 0 Å². The SMILES string of the molecule is Cl.O=C(c1cc(C(F)(F)F)ccc1F)N1CCCC(N2CCNCC2=O)C1. The average Bonchev–Trinajstić information content (AvgIpc) is 2.61. The van der Waals surface area contributed by atoms with Gasteiger partial charge in [-0.1, -0.05) is 0 Å². The maximum atomic E-state index is 14.0. The zero-order chi connectivity index (χ0) is 18.9. The molecular weight excluding hydrogens is 390 g/mol. The van der Waals surface area contributed by atoms with Crippen LogP contribution in [0.1, 0.15) is 28.8 Å². The third-order valence-electron chi connectivity index (χ3n) is 4.77. The van der Waals surface area contributed by atoms with Gasteiger partial charge in [0.1, 0.15) is 5.82 Å². The first-order chi connectivity index (χ1) is 12.3. The summed E-state index contributed by atoms with van der Waals surface area (Å²) in [5.74, 6) is -1.83. The Labute approximate surface area is 160 Å². The second kappa shape index (κ2) is 8.43. The number of alkyl halides is 3. The van der Waals surface area contributed by atoms with E-state index in [2.05, 4.69) is 5.32 Å². The number of piperidine rings is 1. The molecular formula is C17H20ClF4N3O2. The van der Waals surface area contributed by atoms with Gasteiger partial charge in [0.25, 0.3) is 5.91 Å². The number of halogens is 5. The van der Waals surface area contributed by atoms with Crippen LogP contribution in [0.4, 0.5) is 17.6 Å². The summed E-state index contributed by atoms with van der Waals surface area (Å²) < 4.78 is 52.6. The smallest absolute Gasteiger partial charge is 0.336 e. The molecule has 1 unspecified atom stereocenters. The van der Waals surface area contributed by atoms with Crippen molar-refractivity contribution in [3.63, 3.8) is 0 Å². The van der Waals surface area contributed by atoms with Gasteiger partial charge < -0.3 is 15.1 Å². The van der Waals surface area contributed by atoms with Crippen molar-refractivity contribution < 1.29 is 27.2 Å². The van der Waals surface area contributed by atoms with Crippen molar-refractivity contribution in [1.29, 1.82) is 0 Å². The van der Waals surface area contributed by atoms with Crippen LogP contribution in [0.2, 0.25) is 0 Å². The molecule has 0 saturated carbocycles. The molecule has 0 radical (unpaired) electrons. The summed E-state index contributed by atoms with van der Waals surface area (Å²) in [6.45, 7) is 1.92. The summed E-state index contributed by atoms with van der Waals surface area (Å²) in [5.41, 5.74) is -1.65. The first-order valence-electron chi connectivity index (χ1n) is 8.43. The van der Waals surface area contributed by atoms with Crippen LogP contribution in [0, 0.1) is 5.82 Å². The molecule has 1 aromatic rings. The predicted molar refractivity (Wildman–Crippen MR) is 92.2 cm³/mol. The molecule has 5 nitrogen and oxygen atoms in total. The van der Waals surface area contributed by atoms with E-state index in [4.69, 9.17) is 0 Å². The first-order valence-corrected chi connectivity index (χ1v) is 8.43. The van der Waals surface area contributed by atoms with Gasteiger partial charge in [-0.25, -0.2) is 4.39 Å². The van der Waals surface area contributed by atoms with Crippen molar-refractivity contribution in [3.8, 4) is 0 Å². The fourth-order valence-electron chi connectivity index (χ4n) is 3.44. The number of carbonyl (C=O) groups excluding carboxylic acids is 2. The maximum absolute atomic E-state index is 14.0. The number of likely N-dealkylation sites (tertiary alicyclic amines) is 1. The highest BCUT2D eigenvalue weighted by atomic mass is 35.5. The molecule has 2 aliphatic heterocycles. The lowest BCUT2D eigenvalue weighted by Gasteiger charge is -2.41. The molecule has 2 fully saturated rings. The lowest BCUT2D eigenvalue weighted by molar-refractivity contribution is -0.138. The number of amides is 2. The molecule has 0 aromatic heterocycles. The highest BCUT2D eigenvalue weighted by Crippen LogP contribution is 2.31. The summed E-state index contributed by atoms with van der Waals surface area (Å²) in [6, 6.07) is 1.63. The molecule has 2 heterocycles. The fourth-order valence-corrected chi connectivity index (χ4v) is 3.44. The van der Waals surface area contributed by atoms with Crippen LogP contribution in [0.3, 0.4) is 0 Å². The minimum atomic E-state index is -4.65. The molecule has 10 heteroatoms. The van der Waals surface area contributed by atoms with Gasteiger partial charge in [-0.05, 0) is 31.0 Å². The molecule has 0 aliphatic carbocycles. The Morgan fingerprint density at radius 1 is 1.22 bits per heavy atom. The Morgan fingerprint density at radius 3 is 2.63 bits per heavy atom. The summed E-state index contributed by atoms with van der Waals surface area (Å²) in [5, 5.41) is 2.96. The lowest BCUT2D eigenvalue weighted by Crippen LogP contribution is -2.57. The van der Waals surface area contributed by atoms with Crippen LogP contribution in [0.15, 0.2) is 18.2 Å². The van der Waals surface area contributed by atoms with Gasteiger partial charge in [-0.3, -0.25) is 9.59 Å². The Bertz CT molecular complexity index is 714. The average molecular weight is 410 g/mol. The highest BCUT2D eigenvalue weighted by molar-refractivity contribution is 5.95. The monoisotopic (exact) mass is 409 g/mol. The molecule has 0 spiro atoms. The number of benzene rings is 1. The Balaban J connectivity index is 0.00000261. The molecule has 2 aliphatic rings. The van der Waals surface area contributed by atoms with Crippen LogP contribution in [0.25, 0.3) is 0 Å².